The summed E-state index contributed by atoms with van der Waals surface area (Å²) < 4.78 is 0. The minimum absolute atomic E-state index is 0.0859. The van der Waals surface area contributed by atoms with E-state index in [0.717, 1.165) is 4.88 Å². The Kier molecular flexibility index (Phi) is 7.73. The number of amides is 3. The molecule has 28 heavy (non-hydrogen) atoms. The molecule has 0 aromatic carbocycles. The number of hydrogen-bond acceptors (Lipinski definition) is 6. The van der Waals surface area contributed by atoms with Crippen LogP contribution in [0.25, 0.3) is 0 Å². The molecule has 1 aromatic rings. The van der Waals surface area contributed by atoms with Crippen molar-refractivity contribution in [2.24, 2.45) is 11.7 Å². The van der Waals surface area contributed by atoms with E-state index in [9.17, 15) is 24.6 Å². The van der Waals surface area contributed by atoms with Gasteiger partial charge in [-0.3, -0.25) is 14.4 Å². The molecule has 0 spiro atoms. The highest BCUT2D eigenvalue weighted by molar-refractivity contribution is 7.10. The molecule has 9 heteroatoms. The molecular weight excluding hydrogens is 382 g/mol. The predicted molar refractivity (Wildman–Crippen MR) is 105 cm³/mol. The zero-order valence-corrected chi connectivity index (χ0v) is 16.7. The van der Waals surface area contributed by atoms with Crippen molar-refractivity contribution in [1.82, 2.24) is 10.6 Å². The molecule has 0 saturated carbocycles. The Hall–Kier alpha value is -2.23. The molecular formula is C19H27N3O5S. The molecule has 154 valence electrons. The lowest BCUT2D eigenvalue weighted by molar-refractivity contribution is -0.126. The fourth-order valence-corrected chi connectivity index (χ4v) is 3.74. The highest BCUT2D eigenvalue weighted by Crippen LogP contribution is 2.21. The highest BCUT2D eigenvalue weighted by atomic mass is 32.1. The van der Waals surface area contributed by atoms with Crippen molar-refractivity contribution in [2.75, 3.05) is 0 Å². The third-order valence-electron chi connectivity index (χ3n) is 4.46. The number of nitrogens with one attached hydrogen (secondary N) is 2. The summed E-state index contributed by atoms with van der Waals surface area (Å²) in [6.07, 6.45) is -0.573. The summed E-state index contributed by atoms with van der Waals surface area (Å²) in [4.78, 5) is 37.2. The van der Waals surface area contributed by atoms with Gasteiger partial charge in [-0.05, 0) is 23.8 Å². The summed E-state index contributed by atoms with van der Waals surface area (Å²) in [6, 6.07) is 1.92. The molecule has 1 aliphatic rings. The quantitative estimate of drug-likeness (QED) is 0.406. The van der Waals surface area contributed by atoms with Gasteiger partial charge in [-0.25, -0.2) is 0 Å². The molecule has 8 nitrogen and oxygen atoms in total. The Labute approximate surface area is 167 Å². The van der Waals surface area contributed by atoms with E-state index in [0.29, 0.717) is 6.42 Å². The molecule has 1 aromatic heterocycles. The van der Waals surface area contributed by atoms with Crippen molar-refractivity contribution < 1.29 is 24.6 Å². The van der Waals surface area contributed by atoms with E-state index >= 15 is 0 Å². The van der Waals surface area contributed by atoms with Gasteiger partial charge < -0.3 is 26.6 Å². The Morgan fingerprint density at radius 3 is 2.61 bits per heavy atom. The van der Waals surface area contributed by atoms with Crippen LogP contribution in [-0.4, -0.2) is 52.2 Å². The number of aliphatic hydroxyl groups is 2. The van der Waals surface area contributed by atoms with Crippen LogP contribution in [0.3, 0.4) is 0 Å². The molecule has 0 saturated heterocycles. The van der Waals surface area contributed by atoms with E-state index in [-0.39, 0.29) is 30.2 Å². The number of aliphatic hydroxyl groups excluding tert-OH is 2. The monoisotopic (exact) mass is 409 g/mol. The number of thiophene rings is 1. The lowest BCUT2D eigenvalue weighted by Gasteiger charge is -2.31. The average molecular weight is 410 g/mol. The summed E-state index contributed by atoms with van der Waals surface area (Å²) in [5.74, 6) is -1.37. The zero-order chi connectivity index (χ0) is 20.8. The molecule has 1 aliphatic carbocycles. The summed E-state index contributed by atoms with van der Waals surface area (Å²) in [5.41, 5.74) is 5.54. The van der Waals surface area contributed by atoms with Crippen LogP contribution in [0.4, 0.5) is 0 Å². The lowest BCUT2D eigenvalue weighted by atomic mass is 9.89. The van der Waals surface area contributed by atoms with E-state index in [1.54, 1.807) is 0 Å². The third kappa shape index (κ3) is 6.15. The van der Waals surface area contributed by atoms with Gasteiger partial charge in [0.15, 0.2) is 0 Å². The first-order chi connectivity index (χ1) is 13.2. The Morgan fingerprint density at radius 2 is 2.04 bits per heavy atom. The Balaban J connectivity index is 2.07. The van der Waals surface area contributed by atoms with Crippen LogP contribution in [0.15, 0.2) is 29.2 Å². The number of rotatable bonds is 8. The molecule has 0 fully saturated rings. The van der Waals surface area contributed by atoms with Crippen molar-refractivity contribution in [2.45, 2.75) is 57.4 Å². The van der Waals surface area contributed by atoms with Gasteiger partial charge >= 0.3 is 0 Å². The van der Waals surface area contributed by atoms with Crippen molar-refractivity contribution >= 4 is 29.1 Å². The molecule has 0 radical (unpaired) electrons. The van der Waals surface area contributed by atoms with Gasteiger partial charge in [0.25, 0.3) is 0 Å². The summed E-state index contributed by atoms with van der Waals surface area (Å²) >= 11 is 1.44. The fourth-order valence-electron chi connectivity index (χ4n) is 3.04. The lowest BCUT2D eigenvalue weighted by Crippen LogP contribution is -2.52. The SMILES string of the molecule is CC(C)CC(NC(=O)C1=CC(NC(=O)Cc2cccs2)C(O)C(O)C1)C(N)=O. The second-order valence-electron chi connectivity index (χ2n) is 7.36. The second-order valence-corrected chi connectivity index (χ2v) is 8.39. The summed E-state index contributed by atoms with van der Waals surface area (Å²) in [6.45, 7) is 3.81. The smallest absolute Gasteiger partial charge is 0.247 e. The van der Waals surface area contributed by atoms with Crippen molar-refractivity contribution in [3.05, 3.63) is 34.0 Å². The Morgan fingerprint density at radius 1 is 1.32 bits per heavy atom. The number of hydrogen-bond donors (Lipinski definition) is 5. The second kappa shape index (κ2) is 9.81. The first-order valence-corrected chi connectivity index (χ1v) is 10.0. The maximum Gasteiger partial charge on any atom is 0.247 e. The molecule has 0 bridgehead atoms. The first-order valence-electron chi connectivity index (χ1n) is 9.16. The number of carbonyl (C=O) groups excluding carboxylic acids is 3. The van der Waals surface area contributed by atoms with E-state index in [4.69, 9.17) is 5.73 Å². The van der Waals surface area contributed by atoms with E-state index < -0.39 is 36.1 Å². The molecule has 1 heterocycles. The minimum Gasteiger partial charge on any atom is -0.390 e. The standard InChI is InChI=1S/C19H27N3O5S/c1-10(2)6-14(18(20)26)22-19(27)11-7-13(17(25)15(23)8-11)21-16(24)9-12-4-3-5-28-12/h3-5,7,10,13-15,17,23,25H,6,8-9H2,1-2H3,(H2,20,26)(H,21,24)(H,22,27). The van der Waals surface area contributed by atoms with E-state index in [2.05, 4.69) is 10.6 Å². The van der Waals surface area contributed by atoms with Crippen LogP contribution in [0, 0.1) is 5.92 Å². The van der Waals surface area contributed by atoms with Gasteiger partial charge in [-0.15, -0.1) is 11.3 Å². The van der Waals surface area contributed by atoms with Crippen LogP contribution in [-0.2, 0) is 20.8 Å². The maximum atomic E-state index is 12.5. The van der Waals surface area contributed by atoms with Crippen LogP contribution in [0.5, 0.6) is 0 Å². The first kappa shape index (κ1) is 22.1. The molecule has 3 amide bonds. The van der Waals surface area contributed by atoms with Gasteiger partial charge in [-0.2, -0.15) is 0 Å². The van der Waals surface area contributed by atoms with Crippen LogP contribution in [0.1, 0.15) is 31.6 Å². The number of primary amides is 1. The Bertz CT molecular complexity index is 732. The van der Waals surface area contributed by atoms with Crippen molar-refractivity contribution in [3.8, 4) is 0 Å². The third-order valence-corrected chi connectivity index (χ3v) is 5.34. The molecule has 2 rings (SSSR count). The maximum absolute atomic E-state index is 12.5. The van der Waals surface area contributed by atoms with Crippen LogP contribution in [0.2, 0.25) is 0 Å². The van der Waals surface area contributed by atoms with Gasteiger partial charge in [0.2, 0.25) is 17.7 Å². The average Bonchev–Trinajstić information content (AvgIpc) is 3.10. The van der Waals surface area contributed by atoms with Crippen LogP contribution < -0.4 is 16.4 Å². The highest BCUT2D eigenvalue weighted by Gasteiger charge is 2.34. The van der Waals surface area contributed by atoms with Gasteiger partial charge in [0.1, 0.15) is 12.1 Å². The summed E-state index contributed by atoms with van der Waals surface area (Å²) in [5, 5.41) is 27.4. The minimum atomic E-state index is -1.23. The molecule has 4 atom stereocenters. The number of carbonyl (C=O) groups is 3. The largest absolute Gasteiger partial charge is 0.390 e. The normalized spacial score (nSPS) is 23.0. The molecule has 0 aliphatic heterocycles. The van der Waals surface area contributed by atoms with Crippen molar-refractivity contribution in [1.29, 1.82) is 0 Å². The predicted octanol–water partition coefficient (Wildman–Crippen LogP) is -0.156. The van der Waals surface area contributed by atoms with Crippen LogP contribution >= 0.6 is 11.3 Å². The molecule has 4 unspecified atom stereocenters. The topological polar surface area (TPSA) is 142 Å². The van der Waals surface area contributed by atoms with E-state index in [1.165, 1.54) is 17.4 Å². The number of nitrogens with two attached hydrogens (primary N) is 1. The molecule has 6 N–H and O–H groups in total. The van der Waals surface area contributed by atoms with Gasteiger partial charge in [0.05, 0.1) is 18.6 Å². The van der Waals surface area contributed by atoms with Gasteiger partial charge in [0, 0.05) is 16.9 Å². The van der Waals surface area contributed by atoms with E-state index in [1.807, 2.05) is 31.4 Å². The fraction of sp³-hybridized carbons (Fsp3) is 0.526. The zero-order valence-electron chi connectivity index (χ0n) is 15.9. The van der Waals surface area contributed by atoms with Crippen molar-refractivity contribution in [3.63, 3.8) is 0 Å². The van der Waals surface area contributed by atoms with Gasteiger partial charge in [-0.1, -0.05) is 26.0 Å². The summed E-state index contributed by atoms with van der Waals surface area (Å²) in [7, 11) is 0.